The van der Waals surface area contributed by atoms with Gasteiger partial charge in [-0.1, -0.05) is 0 Å². The van der Waals surface area contributed by atoms with E-state index in [9.17, 15) is 13.2 Å². The SMILES string of the molecule is O=C(OCCCCS(=O)(=O)O)C1CC2CCC1O2. The summed E-state index contributed by atoms with van der Waals surface area (Å²) in [6.07, 6.45) is 3.66. The van der Waals surface area contributed by atoms with Crippen LogP contribution >= 0.6 is 0 Å². The van der Waals surface area contributed by atoms with Crippen LogP contribution in [0.25, 0.3) is 0 Å². The normalized spacial score (nSPS) is 30.6. The molecule has 6 nitrogen and oxygen atoms in total. The van der Waals surface area contributed by atoms with Crippen molar-refractivity contribution in [3.63, 3.8) is 0 Å². The van der Waals surface area contributed by atoms with E-state index in [-0.39, 0.29) is 36.5 Å². The molecule has 2 rings (SSSR count). The Balaban J connectivity index is 1.61. The summed E-state index contributed by atoms with van der Waals surface area (Å²) in [5.74, 6) is -0.679. The average molecular weight is 278 g/mol. The Kier molecular flexibility index (Phi) is 4.24. The maximum atomic E-state index is 11.7. The van der Waals surface area contributed by atoms with Gasteiger partial charge in [0.2, 0.25) is 0 Å². The van der Waals surface area contributed by atoms with Gasteiger partial charge in [0, 0.05) is 0 Å². The van der Waals surface area contributed by atoms with Gasteiger partial charge in [-0.3, -0.25) is 9.35 Å². The summed E-state index contributed by atoms with van der Waals surface area (Å²) >= 11 is 0. The minimum Gasteiger partial charge on any atom is -0.465 e. The molecule has 0 amide bonds. The Bertz CT molecular complexity index is 404. The van der Waals surface area contributed by atoms with E-state index in [1.807, 2.05) is 0 Å². The second-order valence-corrected chi connectivity index (χ2v) is 6.45. The number of unbranched alkanes of at least 4 members (excludes halogenated alkanes) is 1. The summed E-state index contributed by atoms with van der Waals surface area (Å²) in [5, 5.41) is 0. The van der Waals surface area contributed by atoms with Gasteiger partial charge in [0.15, 0.2) is 0 Å². The summed E-state index contributed by atoms with van der Waals surface area (Å²) in [5.41, 5.74) is 0. The second kappa shape index (κ2) is 5.54. The third-order valence-corrected chi connectivity index (χ3v) is 4.25. The molecule has 0 saturated carbocycles. The third kappa shape index (κ3) is 3.66. The number of esters is 1. The van der Waals surface area contributed by atoms with Crippen LogP contribution in [0, 0.1) is 5.92 Å². The standard InChI is InChI=1S/C11H18O6S/c12-11(9-7-8-3-4-10(9)17-8)16-5-1-2-6-18(13,14)15/h8-10H,1-7H2,(H,13,14,15). The molecule has 7 heteroatoms. The highest BCUT2D eigenvalue weighted by Gasteiger charge is 2.45. The average Bonchev–Trinajstić information content (AvgIpc) is 2.88. The fraction of sp³-hybridized carbons (Fsp3) is 0.909. The Labute approximate surface area is 106 Å². The van der Waals surface area contributed by atoms with Crippen molar-refractivity contribution in [2.75, 3.05) is 12.4 Å². The molecule has 104 valence electrons. The summed E-state index contributed by atoms with van der Waals surface area (Å²) in [6.45, 7) is 0.197. The molecule has 1 N–H and O–H groups in total. The van der Waals surface area contributed by atoms with Gasteiger partial charge >= 0.3 is 5.97 Å². The fourth-order valence-electron chi connectivity index (χ4n) is 2.55. The van der Waals surface area contributed by atoms with Crippen molar-refractivity contribution < 1.29 is 27.2 Å². The van der Waals surface area contributed by atoms with Crippen LogP contribution in [0.4, 0.5) is 0 Å². The minimum absolute atomic E-state index is 0.0142. The number of fused-ring (bicyclic) bond motifs is 2. The highest BCUT2D eigenvalue weighted by Crippen LogP contribution is 2.39. The Morgan fingerprint density at radius 1 is 1.33 bits per heavy atom. The van der Waals surface area contributed by atoms with Crippen LogP contribution in [0.2, 0.25) is 0 Å². The number of hydrogen-bond donors (Lipinski definition) is 1. The van der Waals surface area contributed by atoms with E-state index >= 15 is 0 Å². The number of rotatable bonds is 6. The van der Waals surface area contributed by atoms with E-state index in [4.69, 9.17) is 14.0 Å². The lowest BCUT2D eigenvalue weighted by Gasteiger charge is -2.16. The lowest BCUT2D eigenvalue weighted by atomic mass is 9.89. The van der Waals surface area contributed by atoms with E-state index in [1.165, 1.54) is 0 Å². The monoisotopic (exact) mass is 278 g/mol. The molecule has 0 aliphatic carbocycles. The highest BCUT2D eigenvalue weighted by atomic mass is 32.2. The Hall–Kier alpha value is -0.660. The summed E-state index contributed by atoms with van der Waals surface area (Å²) in [6, 6.07) is 0. The van der Waals surface area contributed by atoms with Gasteiger partial charge in [0.1, 0.15) is 0 Å². The second-order valence-electron chi connectivity index (χ2n) is 4.88. The van der Waals surface area contributed by atoms with Crippen molar-refractivity contribution in [1.29, 1.82) is 0 Å². The fourth-order valence-corrected chi connectivity index (χ4v) is 3.12. The number of carbonyl (C=O) groups excluding carboxylic acids is 1. The zero-order chi connectivity index (χ0) is 13.2. The molecule has 0 aromatic heterocycles. The van der Waals surface area contributed by atoms with Crippen LogP contribution in [0.5, 0.6) is 0 Å². The molecule has 0 aromatic rings. The first-order chi connectivity index (χ1) is 8.46. The topological polar surface area (TPSA) is 89.9 Å². The van der Waals surface area contributed by atoms with Crippen molar-refractivity contribution in [3.05, 3.63) is 0 Å². The van der Waals surface area contributed by atoms with Gasteiger partial charge in [0.05, 0.1) is 30.5 Å². The maximum absolute atomic E-state index is 11.7. The van der Waals surface area contributed by atoms with Crippen LogP contribution in [-0.2, 0) is 24.4 Å². The van der Waals surface area contributed by atoms with E-state index in [0.29, 0.717) is 12.8 Å². The lowest BCUT2D eigenvalue weighted by molar-refractivity contribution is -0.150. The molecule has 2 heterocycles. The summed E-state index contributed by atoms with van der Waals surface area (Å²) in [7, 11) is -3.91. The van der Waals surface area contributed by atoms with Crippen LogP contribution in [0.3, 0.4) is 0 Å². The molecule has 2 aliphatic rings. The zero-order valence-electron chi connectivity index (χ0n) is 10.1. The lowest BCUT2D eigenvalue weighted by Crippen LogP contribution is -2.27. The molecular weight excluding hydrogens is 260 g/mol. The molecular formula is C11H18O6S. The van der Waals surface area contributed by atoms with Gasteiger partial charge < -0.3 is 9.47 Å². The quantitative estimate of drug-likeness (QED) is 0.438. The molecule has 2 aliphatic heterocycles. The number of ether oxygens (including phenoxy) is 2. The predicted octanol–water partition coefficient (Wildman–Crippen LogP) is 0.765. The first-order valence-electron chi connectivity index (χ1n) is 6.23. The summed E-state index contributed by atoms with van der Waals surface area (Å²) in [4.78, 5) is 11.7. The van der Waals surface area contributed by atoms with Crippen LogP contribution in [0.1, 0.15) is 32.1 Å². The molecule has 3 unspecified atom stereocenters. The first-order valence-corrected chi connectivity index (χ1v) is 7.84. The van der Waals surface area contributed by atoms with Crippen molar-refractivity contribution in [2.24, 2.45) is 5.92 Å². The Morgan fingerprint density at radius 2 is 2.11 bits per heavy atom. The van der Waals surface area contributed by atoms with Crippen molar-refractivity contribution in [3.8, 4) is 0 Å². The molecule has 0 radical (unpaired) electrons. The van der Waals surface area contributed by atoms with Crippen molar-refractivity contribution in [2.45, 2.75) is 44.3 Å². The minimum atomic E-state index is -3.91. The zero-order valence-corrected chi connectivity index (χ0v) is 10.9. The van der Waals surface area contributed by atoms with Gasteiger partial charge in [0.25, 0.3) is 10.1 Å². The molecule has 2 fully saturated rings. The molecule has 2 saturated heterocycles. The van der Waals surface area contributed by atoms with Crippen molar-refractivity contribution >= 4 is 16.1 Å². The number of carbonyl (C=O) groups is 1. The third-order valence-electron chi connectivity index (χ3n) is 3.45. The molecule has 3 atom stereocenters. The Morgan fingerprint density at radius 3 is 2.67 bits per heavy atom. The maximum Gasteiger partial charge on any atom is 0.311 e. The van der Waals surface area contributed by atoms with E-state index in [2.05, 4.69) is 0 Å². The molecule has 18 heavy (non-hydrogen) atoms. The van der Waals surface area contributed by atoms with Gasteiger partial charge in [-0.05, 0) is 32.1 Å². The molecule has 0 aromatic carbocycles. The summed E-state index contributed by atoms with van der Waals surface area (Å²) < 4.78 is 40.1. The molecule has 2 bridgehead atoms. The van der Waals surface area contributed by atoms with Crippen LogP contribution in [-0.4, -0.2) is 43.5 Å². The van der Waals surface area contributed by atoms with Crippen LogP contribution < -0.4 is 0 Å². The highest BCUT2D eigenvalue weighted by molar-refractivity contribution is 7.85. The largest absolute Gasteiger partial charge is 0.465 e. The smallest absolute Gasteiger partial charge is 0.311 e. The van der Waals surface area contributed by atoms with Crippen LogP contribution in [0.15, 0.2) is 0 Å². The number of hydrogen-bond acceptors (Lipinski definition) is 5. The van der Waals surface area contributed by atoms with E-state index in [1.54, 1.807) is 0 Å². The van der Waals surface area contributed by atoms with Gasteiger partial charge in [-0.15, -0.1) is 0 Å². The van der Waals surface area contributed by atoms with Gasteiger partial charge in [-0.2, -0.15) is 8.42 Å². The van der Waals surface area contributed by atoms with Gasteiger partial charge in [-0.25, -0.2) is 0 Å². The predicted molar refractivity (Wildman–Crippen MR) is 62.6 cm³/mol. The van der Waals surface area contributed by atoms with E-state index in [0.717, 1.165) is 19.3 Å². The van der Waals surface area contributed by atoms with E-state index < -0.39 is 10.1 Å². The first kappa shape index (κ1) is 13.8. The van der Waals surface area contributed by atoms with Crippen molar-refractivity contribution in [1.82, 2.24) is 0 Å². The molecule has 0 spiro atoms.